The zero-order chi connectivity index (χ0) is 22.7. The fourth-order valence-corrected chi connectivity index (χ4v) is 5.92. The summed E-state index contributed by atoms with van der Waals surface area (Å²) in [7, 11) is -3.71. The van der Waals surface area contributed by atoms with E-state index in [1.54, 1.807) is 24.3 Å². The predicted molar refractivity (Wildman–Crippen MR) is 125 cm³/mol. The number of likely N-dealkylation sites (N-methyl/N-ethyl adjacent to an activating group) is 1. The van der Waals surface area contributed by atoms with Gasteiger partial charge in [0, 0.05) is 18.7 Å². The average molecular weight is 455 g/mol. The van der Waals surface area contributed by atoms with Gasteiger partial charge in [-0.1, -0.05) is 56.3 Å². The third-order valence-electron chi connectivity index (χ3n) is 6.35. The molecule has 32 heavy (non-hydrogen) atoms. The maximum Gasteiger partial charge on any atom is 0.285 e. The van der Waals surface area contributed by atoms with Crippen molar-refractivity contribution in [2.45, 2.75) is 43.7 Å². The molecule has 8 heteroatoms. The number of hydrogen-bond acceptors (Lipinski definition) is 5. The van der Waals surface area contributed by atoms with Crippen molar-refractivity contribution >= 4 is 21.8 Å². The first-order valence-electron chi connectivity index (χ1n) is 11.2. The molecule has 0 aliphatic carbocycles. The molecule has 2 aromatic rings. The molecular formula is C24H30N4O3S. The summed E-state index contributed by atoms with van der Waals surface area (Å²) in [5, 5.41) is 3.14. The molecule has 170 valence electrons. The molecule has 1 N–H and O–H groups in total. The molecule has 2 heterocycles. The van der Waals surface area contributed by atoms with Crippen molar-refractivity contribution in [2.24, 2.45) is 4.40 Å². The number of fused-ring (bicyclic) bond motifs is 1. The third kappa shape index (κ3) is 4.29. The SMILES string of the molecule is CCN(CC)C(CNC(=O)[C@@H]1CCCN1C1=NS(=O)(=O)c2ccccc21)c1ccccc1. The lowest BCUT2D eigenvalue weighted by Gasteiger charge is -2.31. The van der Waals surface area contributed by atoms with Gasteiger partial charge in [0.15, 0.2) is 5.84 Å². The second-order valence-corrected chi connectivity index (χ2v) is 9.70. The van der Waals surface area contributed by atoms with Crippen molar-refractivity contribution in [1.82, 2.24) is 15.1 Å². The fraction of sp³-hybridized carbons (Fsp3) is 0.417. The van der Waals surface area contributed by atoms with Gasteiger partial charge in [-0.2, -0.15) is 8.42 Å². The van der Waals surface area contributed by atoms with Crippen molar-refractivity contribution in [1.29, 1.82) is 0 Å². The summed E-state index contributed by atoms with van der Waals surface area (Å²) in [6, 6.07) is 16.7. The van der Waals surface area contributed by atoms with E-state index in [1.165, 1.54) is 5.56 Å². The Morgan fingerprint density at radius 1 is 1.12 bits per heavy atom. The molecule has 0 saturated carbocycles. The van der Waals surface area contributed by atoms with Gasteiger partial charge in [-0.3, -0.25) is 9.69 Å². The monoisotopic (exact) mass is 454 g/mol. The number of hydrogen-bond donors (Lipinski definition) is 1. The highest BCUT2D eigenvalue weighted by Gasteiger charge is 2.39. The van der Waals surface area contributed by atoms with Crippen LogP contribution in [-0.2, 0) is 14.8 Å². The fourth-order valence-electron chi connectivity index (χ4n) is 4.70. The van der Waals surface area contributed by atoms with Crippen molar-refractivity contribution < 1.29 is 13.2 Å². The molecule has 2 aromatic carbocycles. The molecule has 0 spiro atoms. The summed E-state index contributed by atoms with van der Waals surface area (Å²) in [5.74, 6) is 0.307. The molecule has 0 aromatic heterocycles. The van der Waals surface area contributed by atoms with Gasteiger partial charge in [-0.15, -0.1) is 4.40 Å². The first-order chi connectivity index (χ1) is 15.5. The Morgan fingerprint density at radius 2 is 1.81 bits per heavy atom. The number of benzene rings is 2. The van der Waals surface area contributed by atoms with Gasteiger partial charge in [0.05, 0.1) is 6.04 Å². The van der Waals surface area contributed by atoms with E-state index in [9.17, 15) is 13.2 Å². The Labute approximate surface area is 190 Å². The van der Waals surface area contributed by atoms with E-state index in [-0.39, 0.29) is 16.8 Å². The Hall–Kier alpha value is -2.71. The van der Waals surface area contributed by atoms with E-state index < -0.39 is 16.1 Å². The first-order valence-corrected chi connectivity index (χ1v) is 12.7. The molecule has 0 bridgehead atoms. The van der Waals surface area contributed by atoms with Crippen LogP contribution in [0.1, 0.15) is 43.9 Å². The maximum absolute atomic E-state index is 13.2. The van der Waals surface area contributed by atoms with Crippen LogP contribution in [0.15, 0.2) is 63.9 Å². The number of nitrogens with zero attached hydrogens (tertiary/aromatic N) is 3. The van der Waals surface area contributed by atoms with Gasteiger partial charge in [0.25, 0.3) is 10.0 Å². The lowest BCUT2D eigenvalue weighted by Crippen LogP contribution is -2.48. The molecule has 2 atom stereocenters. The van der Waals surface area contributed by atoms with E-state index in [0.29, 0.717) is 30.9 Å². The number of carbonyl (C=O) groups is 1. The minimum absolute atomic E-state index is 0.0786. The molecule has 1 saturated heterocycles. The summed E-state index contributed by atoms with van der Waals surface area (Å²) >= 11 is 0. The Balaban J connectivity index is 1.52. The van der Waals surface area contributed by atoms with E-state index >= 15 is 0 Å². The van der Waals surface area contributed by atoms with Gasteiger partial charge in [0.2, 0.25) is 5.91 Å². The quantitative estimate of drug-likeness (QED) is 0.696. The lowest BCUT2D eigenvalue weighted by atomic mass is 10.0. The number of rotatable bonds is 7. The van der Waals surface area contributed by atoms with Gasteiger partial charge in [0.1, 0.15) is 10.9 Å². The summed E-state index contributed by atoms with van der Waals surface area (Å²) in [5.41, 5.74) is 1.75. The number of amides is 1. The van der Waals surface area contributed by atoms with Crippen LogP contribution in [0.2, 0.25) is 0 Å². The minimum Gasteiger partial charge on any atom is -0.352 e. The molecule has 1 unspecified atom stereocenters. The summed E-state index contributed by atoms with van der Waals surface area (Å²) in [6.45, 7) is 7.11. The maximum atomic E-state index is 13.2. The van der Waals surface area contributed by atoms with Crippen molar-refractivity contribution in [3.63, 3.8) is 0 Å². The molecule has 7 nitrogen and oxygen atoms in total. The van der Waals surface area contributed by atoms with E-state index in [4.69, 9.17) is 0 Å². The van der Waals surface area contributed by atoms with Crippen molar-refractivity contribution in [2.75, 3.05) is 26.2 Å². The van der Waals surface area contributed by atoms with Gasteiger partial charge < -0.3 is 10.2 Å². The standard InChI is InChI=1S/C24H30N4O3S/c1-3-27(4-2)21(18-11-6-5-7-12-18)17-25-24(29)20-14-10-16-28(20)23-19-13-8-9-15-22(19)32(30,31)26-23/h5-9,11-13,15,20-21H,3-4,10,14,16-17H2,1-2H3,(H,25,29)/t20-,21?/m0/s1. The number of nitrogens with one attached hydrogen (secondary N) is 1. The second kappa shape index (κ2) is 9.42. The summed E-state index contributed by atoms with van der Waals surface area (Å²) in [4.78, 5) is 17.6. The van der Waals surface area contributed by atoms with Gasteiger partial charge in [-0.25, -0.2) is 0 Å². The number of sulfonamides is 1. The zero-order valence-electron chi connectivity index (χ0n) is 18.6. The Kier molecular flexibility index (Phi) is 6.62. The van der Waals surface area contributed by atoms with E-state index in [2.05, 4.69) is 40.6 Å². The number of amidine groups is 1. The topological polar surface area (TPSA) is 82.1 Å². The van der Waals surface area contributed by atoms with Crippen LogP contribution in [0.3, 0.4) is 0 Å². The van der Waals surface area contributed by atoms with Crippen molar-refractivity contribution in [3.8, 4) is 0 Å². The minimum atomic E-state index is -3.71. The molecule has 1 fully saturated rings. The number of carbonyl (C=O) groups excluding carboxylic acids is 1. The normalized spacial score (nSPS) is 20.2. The predicted octanol–water partition coefficient (Wildman–Crippen LogP) is 2.80. The highest BCUT2D eigenvalue weighted by molar-refractivity contribution is 7.90. The largest absolute Gasteiger partial charge is 0.352 e. The van der Waals surface area contributed by atoms with Crippen LogP contribution in [0.4, 0.5) is 0 Å². The Morgan fingerprint density at radius 3 is 2.53 bits per heavy atom. The summed E-state index contributed by atoms with van der Waals surface area (Å²) in [6.07, 6.45) is 1.49. The zero-order valence-corrected chi connectivity index (χ0v) is 19.4. The molecule has 1 amide bonds. The van der Waals surface area contributed by atoms with Crippen LogP contribution >= 0.6 is 0 Å². The molecule has 2 aliphatic rings. The van der Waals surface area contributed by atoms with Crippen LogP contribution < -0.4 is 5.32 Å². The molecule has 2 aliphatic heterocycles. The van der Waals surface area contributed by atoms with Crippen molar-refractivity contribution in [3.05, 3.63) is 65.7 Å². The lowest BCUT2D eigenvalue weighted by molar-refractivity contribution is -0.124. The molecule has 4 rings (SSSR count). The Bertz CT molecular complexity index is 1100. The van der Waals surface area contributed by atoms with Crippen LogP contribution in [0.25, 0.3) is 0 Å². The summed E-state index contributed by atoms with van der Waals surface area (Å²) < 4.78 is 29.0. The van der Waals surface area contributed by atoms with Gasteiger partial charge >= 0.3 is 0 Å². The molecule has 0 radical (unpaired) electrons. The van der Waals surface area contributed by atoms with E-state index in [0.717, 1.165) is 19.5 Å². The molecular weight excluding hydrogens is 424 g/mol. The van der Waals surface area contributed by atoms with Crippen LogP contribution in [0, 0.1) is 0 Å². The number of likely N-dealkylation sites (tertiary alicyclic amines) is 1. The van der Waals surface area contributed by atoms with Gasteiger partial charge in [-0.05, 0) is 43.6 Å². The van der Waals surface area contributed by atoms with Crippen LogP contribution in [-0.4, -0.2) is 62.2 Å². The first kappa shape index (κ1) is 22.5. The highest BCUT2D eigenvalue weighted by Crippen LogP contribution is 2.31. The smallest absolute Gasteiger partial charge is 0.285 e. The second-order valence-electron chi connectivity index (χ2n) is 8.13. The average Bonchev–Trinajstić information content (AvgIpc) is 3.40. The highest BCUT2D eigenvalue weighted by atomic mass is 32.2. The third-order valence-corrected chi connectivity index (χ3v) is 7.67. The van der Waals surface area contributed by atoms with E-state index in [1.807, 2.05) is 23.1 Å². The van der Waals surface area contributed by atoms with Crippen LogP contribution in [0.5, 0.6) is 0 Å².